The fraction of sp³-hybridized carbons (Fsp3) is 0.500. The van der Waals surface area contributed by atoms with Crippen molar-refractivity contribution in [1.29, 1.82) is 0 Å². The lowest BCUT2D eigenvalue weighted by Gasteiger charge is -2.16. The number of aromatic hydroxyl groups is 1. The van der Waals surface area contributed by atoms with Crippen molar-refractivity contribution in [2.24, 2.45) is 5.92 Å². The maximum Gasteiger partial charge on any atom is 0.157 e. The lowest BCUT2D eigenvalue weighted by Crippen LogP contribution is -2.19. The normalized spacial score (nSPS) is 12.9. The first-order chi connectivity index (χ1) is 7.41. The Morgan fingerprint density at radius 1 is 1.44 bits per heavy atom. The lowest BCUT2D eigenvalue weighted by molar-refractivity contribution is 0.477. The average Bonchev–Trinajstić information content (AvgIpc) is 2.20. The number of rotatable bonds is 4. The first-order valence-electron chi connectivity index (χ1n) is 5.29. The van der Waals surface area contributed by atoms with Gasteiger partial charge in [0, 0.05) is 11.4 Å². The van der Waals surface area contributed by atoms with E-state index in [0.717, 1.165) is 12.1 Å². The van der Waals surface area contributed by atoms with E-state index in [1.807, 2.05) is 13.0 Å². The van der Waals surface area contributed by atoms with Crippen LogP contribution in [0.1, 0.15) is 19.4 Å². The van der Waals surface area contributed by atoms with E-state index in [0.29, 0.717) is 21.5 Å². The number of halogens is 2. The monoisotopic (exact) mass is 305 g/mol. The standard InChI is InChI=1S/C12H17BrClNO/c1-7(2)9(13)6-15-11-5-8(3)4-10(14)12(11)16/h4-5,7,9,15-16H,6H2,1-3H3. The summed E-state index contributed by atoms with van der Waals surface area (Å²) < 4.78 is 0. The summed E-state index contributed by atoms with van der Waals surface area (Å²) in [4.78, 5) is 0.367. The fourth-order valence-electron chi connectivity index (χ4n) is 1.31. The quantitative estimate of drug-likeness (QED) is 0.646. The minimum atomic E-state index is 0.121. The van der Waals surface area contributed by atoms with Crippen LogP contribution >= 0.6 is 27.5 Å². The van der Waals surface area contributed by atoms with Gasteiger partial charge in [-0.1, -0.05) is 41.4 Å². The summed E-state index contributed by atoms with van der Waals surface area (Å²) in [5.41, 5.74) is 1.72. The zero-order valence-corrected chi connectivity index (χ0v) is 12.1. The molecular weight excluding hydrogens is 289 g/mol. The van der Waals surface area contributed by atoms with E-state index < -0.39 is 0 Å². The van der Waals surface area contributed by atoms with Crippen LogP contribution in [0.25, 0.3) is 0 Å². The van der Waals surface area contributed by atoms with Gasteiger partial charge in [-0.3, -0.25) is 0 Å². The Morgan fingerprint density at radius 3 is 2.62 bits per heavy atom. The van der Waals surface area contributed by atoms with Gasteiger partial charge in [0.05, 0.1) is 10.7 Å². The molecule has 0 aromatic heterocycles. The van der Waals surface area contributed by atoms with Crippen LogP contribution < -0.4 is 5.32 Å². The molecule has 0 bridgehead atoms. The van der Waals surface area contributed by atoms with E-state index in [2.05, 4.69) is 35.1 Å². The predicted octanol–water partition coefficient (Wildman–Crippen LogP) is 4.19. The average molecular weight is 307 g/mol. The van der Waals surface area contributed by atoms with Crippen LogP contribution in [0.5, 0.6) is 5.75 Å². The molecule has 1 aromatic carbocycles. The van der Waals surface area contributed by atoms with Crippen molar-refractivity contribution < 1.29 is 5.11 Å². The van der Waals surface area contributed by atoms with Gasteiger partial charge in [0.2, 0.25) is 0 Å². The van der Waals surface area contributed by atoms with Crippen LogP contribution in [0.3, 0.4) is 0 Å². The summed E-state index contributed by atoms with van der Waals surface area (Å²) in [7, 11) is 0. The number of phenols is 1. The van der Waals surface area contributed by atoms with E-state index in [4.69, 9.17) is 11.6 Å². The first kappa shape index (κ1) is 13.7. The van der Waals surface area contributed by atoms with Gasteiger partial charge >= 0.3 is 0 Å². The second-order valence-electron chi connectivity index (χ2n) is 4.28. The number of anilines is 1. The molecule has 1 aromatic rings. The Labute approximate surface area is 110 Å². The topological polar surface area (TPSA) is 32.3 Å². The zero-order chi connectivity index (χ0) is 12.3. The Balaban J connectivity index is 2.74. The number of aryl methyl sites for hydroxylation is 1. The highest BCUT2D eigenvalue weighted by molar-refractivity contribution is 9.09. The minimum absolute atomic E-state index is 0.121. The molecule has 2 nitrogen and oxygen atoms in total. The van der Waals surface area contributed by atoms with E-state index in [1.54, 1.807) is 6.07 Å². The molecule has 4 heteroatoms. The third-order valence-electron chi connectivity index (χ3n) is 2.42. The molecule has 0 aliphatic carbocycles. The maximum atomic E-state index is 9.76. The van der Waals surface area contributed by atoms with Gasteiger partial charge in [-0.25, -0.2) is 0 Å². The van der Waals surface area contributed by atoms with Crippen molar-refractivity contribution in [1.82, 2.24) is 0 Å². The summed E-state index contributed by atoms with van der Waals surface area (Å²) in [5.74, 6) is 0.658. The van der Waals surface area contributed by atoms with E-state index in [-0.39, 0.29) is 5.75 Å². The van der Waals surface area contributed by atoms with Gasteiger partial charge in [0.1, 0.15) is 0 Å². The second-order valence-corrected chi connectivity index (χ2v) is 5.87. The molecule has 0 saturated carbocycles. The van der Waals surface area contributed by atoms with Gasteiger partial charge in [0.25, 0.3) is 0 Å². The van der Waals surface area contributed by atoms with Crippen molar-refractivity contribution in [3.05, 3.63) is 22.7 Å². The molecular formula is C12H17BrClNO. The molecule has 0 radical (unpaired) electrons. The summed E-state index contributed by atoms with van der Waals surface area (Å²) >= 11 is 9.48. The van der Waals surface area contributed by atoms with Crippen molar-refractivity contribution >= 4 is 33.2 Å². The lowest BCUT2D eigenvalue weighted by atomic mass is 10.1. The Morgan fingerprint density at radius 2 is 2.06 bits per heavy atom. The highest BCUT2D eigenvalue weighted by Crippen LogP contribution is 2.33. The van der Waals surface area contributed by atoms with Crippen molar-refractivity contribution in [3.8, 4) is 5.75 Å². The van der Waals surface area contributed by atoms with E-state index in [1.165, 1.54) is 0 Å². The fourth-order valence-corrected chi connectivity index (χ4v) is 1.75. The van der Waals surface area contributed by atoms with Crippen LogP contribution in [-0.2, 0) is 0 Å². The first-order valence-corrected chi connectivity index (χ1v) is 6.58. The number of benzene rings is 1. The van der Waals surface area contributed by atoms with Crippen molar-refractivity contribution in [3.63, 3.8) is 0 Å². The minimum Gasteiger partial charge on any atom is -0.504 e. The molecule has 0 heterocycles. The molecule has 0 saturated heterocycles. The molecule has 0 fully saturated rings. The van der Waals surface area contributed by atoms with Gasteiger partial charge < -0.3 is 10.4 Å². The predicted molar refractivity (Wildman–Crippen MR) is 73.9 cm³/mol. The molecule has 0 spiro atoms. The summed E-state index contributed by atoms with van der Waals surface area (Å²) in [6, 6.07) is 3.64. The van der Waals surface area contributed by atoms with Crippen LogP contribution in [0.15, 0.2) is 12.1 Å². The van der Waals surface area contributed by atoms with Crippen LogP contribution in [0, 0.1) is 12.8 Å². The van der Waals surface area contributed by atoms with Crippen LogP contribution in [0.4, 0.5) is 5.69 Å². The number of phenolic OH excluding ortho intramolecular Hbond substituents is 1. The molecule has 1 unspecified atom stereocenters. The largest absolute Gasteiger partial charge is 0.504 e. The Hall–Kier alpha value is -0.410. The summed E-state index contributed by atoms with van der Waals surface area (Å²) in [6.07, 6.45) is 0. The summed E-state index contributed by atoms with van der Waals surface area (Å²) in [5, 5.41) is 13.3. The van der Waals surface area contributed by atoms with Crippen LogP contribution in [-0.4, -0.2) is 16.5 Å². The highest BCUT2D eigenvalue weighted by atomic mass is 79.9. The second kappa shape index (κ2) is 5.78. The third kappa shape index (κ3) is 3.56. The molecule has 0 amide bonds. The number of hydrogen-bond acceptors (Lipinski definition) is 2. The molecule has 1 rings (SSSR count). The number of nitrogens with one attached hydrogen (secondary N) is 1. The highest BCUT2D eigenvalue weighted by Gasteiger charge is 2.11. The van der Waals surface area contributed by atoms with Crippen molar-refractivity contribution in [2.75, 3.05) is 11.9 Å². The molecule has 90 valence electrons. The number of hydrogen-bond donors (Lipinski definition) is 2. The molecule has 0 aliphatic rings. The van der Waals surface area contributed by atoms with Gasteiger partial charge in [0.15, 0.2) is 5.75 Å². The smallest absolute Gasteiger partial charge is 0.157 e. The van der Waals surface area contributed by atoms with Gasteiger partial charge in [-0.15, -0.1) is 0 Å². The third-order valence-corrected chi connectivity index (χ3v) is 4.09. The maximum absolute atomic E-state index is 9.76. The SMILES string of the molecule is Cc1cc(Cl)c(O)c(NCC(Br)C(C)C)c1. The Kier molecular flexibility index (Phi) is 4.93. The molecule has 0 aliphatic heterocycles. The van der Waals surface area contributed by atoms with Crippen molar-refractivity contribution in [2.45, 2.75) is 25.6 Å². The zero-order valence-electron chi connectivity index (χ0n) is 9.72. The number of alkyl halides is 1. The van der Waals surface area contributed by atoms with Gasteiger partial charge in [-0.2, -0.15) is 0 Å². The molecule has 2 N–H and O–H groups in total. The Bertz CT molecular complexity index is 368. The van der Waals surface area contributed by atoms with E-state index in [9.17, 15) is 5.11 Å². The molecule has 1 atom stereocenters. The molecule has 16 heavy (non-hydrogen) atoms. The van der Waals surface area contributed by atoms with Gasteiger partial charge in [-0.05, 0) is 30.5 Å². The summed E-state index contributed by atoms with van der Waals surface area (Å²) in [6.45, 7) is 6.99. The van der Waals surface area contributed by atoms with Crippen LogP contribution in [0.2, 0.25) is 5.02 Å². The van der Waals surface area contributed by atoms with E-state index >= 15 is 0 Å².